The molecule has 10 nitrogen and oxygen atoms in total. The average molecular weight is 431 g/mol. The highest BCUT2D eigenvalue weighted by Crippen LogP contribution is 2.28. The number of likely N-dealkylation sites (N-methyl/N-ethyl adjacent to an activating group) is 1. The first kappa shape index (κ1) is 22.4. The van der Waals surface area contributed by atoms with Crippen molar-refractivity contribution in [2.45, 2.75) is 52.2 Å². The summed E-state index contributed by atoms with van der Waals surface area (Å²) in [5.41, 5.74) is 0.561. The Kier molecular flexibility index (Phi) is 7.69. The summed E-state index contributed by atoms with van der Waals surface area (Å²) in [5, 5.41) is 9.78. The second-order valence-corrected chi connectivity index (χ2v) is 7.32. The van der Waals surface area contributed by atoms with Crippen molar-refractivity contribution in [2.75, 3.05) is 20.3 Å². The summed E-state index contributed by atoms with van der Waals surface area (Å²) in [6.45, 7) is 3.05. The number of carbonyl (C=O) groups is 2. The number of carbonyl (C=O) groups excluding carboxylic acids is 2. The molecule has 0 aliphatic carbocycles. The van der Waals surface area contributed by atoms with E-state index in [-0.39, 0.29) is 37.2 Å². The summed E-state index contributed by atoms with van der Waals surface area (Å²) in [6.07, 6.45) is 3.81. The van der Waals surface area contributed by atoms with Gasteiger partial charge in [0.25, 0.3) is 5.91 Å². The predicted octanol–water partition coefficient (Wildman–Crippen LogP) is 0.611. The van der Waals surface area contributed by atoms with Gasteiger partial charge < -0.3 is 20.1 Å². The van der Waals surface area contributed by atoms with Crippen molar-refractivity contribution in [3.05, 3.63) is 40.1 Å². The number of aromatic nitrogens is 3. The lowest BCUT2D eigenvalue weighted by Crippen LogP contribution is -2.33. The number of aryl methyl sites for hydroxylation is 1. The van der Waals surface area contributed by atoms with Gasteiger partial charge in [-0.3, -0.25) is 14.2 Å². The normalized spacial score (nSPS) is 13.1. The lowest BCUT2D eigenvalue weighted by atomic mass is 10.2. The van der Waals surface area contributed by atoms with Gasteiger partial charge in [0.1, 0.15) is 12.4 Å². The number of fused-ring (bicyclic) bond motifs is 1. The van der Waals surface area contributed by atoms with E-state index in [1.54, 1.807) is 22.8 Å². The van der Waals surface area contributed by atoms with Crippen LogP contribution in [0.4, 0.5) is 0 Å². The minimum atomic E-state index is -0.300. The van der Waals surface area contributed by atoms with Crippen molar-refractivity contribution < 1.29 is 19.1 Å². The van der Waals surface area contributed by atoms with Crippen molar-refractivity contribution in [1.82, 2.24) is 25.0 Å². The van der Waals surface area contributed by atoms with Gasteiger partial charge in [0, 0.05) is 26.1 Å². The molecule has 1 aromatic carbocycles. The fourth-order valence-electron chi connectivity index (χ4n) is 3.45. The quantitative estimate of drug-likeness (QED) is 0.601. The van der Waals surface area contributed by atoms with E-state index < -0.39 is 0 Å². The van der Waals surface area contributed by atoms with Gasteiger partial charge in [-0.1, -0.05) is 12.5 Å². The molecule has 10 heteroatoms. The van der Waals surface area contributed by atoms with E-state index in [0.717, 1.165) is 37.1 Å². The molecule has 1 aliphatic rings. The van der Waals surface area contributed by atoms with Gasteiger partial charge in [-0.25, -0.2) is 9.48 Å². The molecule has 31 heavy (non-hydrogen) atoms. The highest BCUT2D eigenvalue weighted by atomic mass is 16.5. The van der Waals surface area contributed by atoms with E-state index >= 15 is 0 Å². The molecule has 0 saturated carbocycles. The van der Waals surface area contributed by atoms with Crippen LogP contribution in [0.15, 0.2) is 23.0 Å². The molecule has 0 radical (unpaired) electrons. The van der Waals surface area contributed by atoms with Crippen LogP contribution in [0.1, 0.15) is 37.6 Å². The van der Waals surface area contributed by atoms with Gasteiger partial charge in [-0.15, -0.1) is 0 Å². The van der Waals surface area contributed by atoms with E-state index in [1.807, 2.05) is 6.92 Å². The van der Waals surface area contributed by atoms with Crippen molar-refractivity contribution in [3.8, 4) is 11.5 Å². The molecule has 2 heterocycles. The number of ether oxygens (including phenoxy) is 2. The first-order chi connectivity index (χ1) is 15.0. The summed E-state index contributed by atoms with van der Waals surface area (Å²) < 4.78 is 13.7. The van der Waals surface area contributed by atoms with E-state index in [9.17, 15) is 14.4 Å². The Balaban J connectivity index is 1.56. The summed E-state index contributed by atoms with van der Waals surface area (Å²) in [7, 11) is 1.51. The van der Waals surface area contributed by atoms with E-state index in [0.29, 0.717) is 24.6 Å². The van der Waals surface area contributed by atoms with Crippen molar-refractivity contribution in [1.29, 1.82) is 0 Å². The van der Waals surface area contributed by atoms with Gasteiger partial charge in [0.05, 0.1) is 7.11 Å². The molecule has 0 saturated heterocycles. The summed E-state index contributed by atoms with van der Waals surface area (Å²) in [5.74, 6) is 1.14. The zero-order valence-electron chi connectivity index (χ0n) is 18.0. The van der Waals surface area contributed by atoms with Crippen LogP contribution in [0, 0.1) is 0 Å². The van der Waals surface area contributed by atoms with E-state index in [4.69, 9.17) is 9.47 Å². The number of hydrogen-bond donors (Lipinski definition) is 2. The summed E-state index contributed by atoms with van der Waals surface area (Å²) >= 11 is 0. The SMILES string of the molecule is CCNC(=O)COc1ccc(CNC(=O)Cn2nc3n(c2=O)CCCCC3)cc1OC. The fourth-order valence-corrected chi connectivity index (χ4v) is 3.45. The highest BCUT2D eigenvalue weighted by molar-refractivity contribution is 5.77. The molecular weight excluding hydrogens is 402 g/mol. The molecule has 2 amide bonds. The molecule has 3 rings (SSSR count). The fraction of sp³-hybridized carbons (Fsp3) is 0.524. The van der Waals surface area contributed by atoms with Crippen molar-refractivity contribution in [3.63, 3.8) is 0 Å². The number of nitrogens with zero attached hydrogens (tertiary/aromatic N) is 3. The monoisotopic (exact) mass is 431 g/mol. The maximum atomic E-state index is 12.5. The van der Waals surface area contributed by atoms with Gasteiger partial charge >= 0.3 is 5.69 Å². The van der Waals surface area contributed by atoms with Crippen molar-refractivity contribution in [2.24, 2.45) is 0 Å². The third-order valence-corrected chi connectivity index (χ3v) is 5.03. The van der Waals surface area contributed by atoms with Crippen molar-refractivity contribution >= 4 is 11.8 Å². The van der Waals surface area contributed by atoms with Crippen LogP contribution in [0.5, 0.6) is 11.5 Å². The molecule has 0 atom stereocenters. The average Bonchev–Trinajstić information content (AvgIpc) is 2.92. The lowest BCUT2D eigenvalue weighted by molar-refractivity contribution is -0.123. The van der Waals surface area contributed by atoms with Crippen LogP contribution >= 0.6 is 0 Å². The molecule has 0 fully saturated rings. The molecule has 2 N–H and O–H groups in total. The zero-order chi connectivity index (χ0) is 22.2. The topological polar surface area (TPSA) is 116 Å². The van der Waals surface area contributed by atoms with Gasteiger partial charge in [0.15, 0.2) is 18.1 Å². The first-order valence-electron chi connectivity index (χ1n) is 10.5. The predicted molar refractivity (Wildman–Crippen MR) is 113 cm³/mol. The van der Waals surface area contributed by atoms with Gasteiger partial charge in [0.2, 0.25) is 5.91 Å². The minimum absolute atomic E-state index is 0.107. The third kappa shape index (κ3) is 5.87. The van der Waals surface area contributed by atoms with E-state index in [1.165, 1.54) is 11.8 Å². The van der Waals surface area contributed by atoms with Crippen LogP contribution in [-0.4, -0.2) is 46.4 Å². The molecule has 0 bridgehead atoms. The second kappa shape index (κ2) is 10.6. The third-order valence-electron chi connectivity index (χ3n) is 5.03. The smallest absolute Gasteiger partial charge is 0.346 e. The molecule has 2 aromatic rings. The number of hydrogen-bond acceptors (Lipinski definition) is 6. The first-order valence-corrected chi connectivity index (χ1v) is 10.5. The van der Waals surface area contributed by atoms with Gasteiger partial charge in [-0.2, -0.15) is 5.10 Å². The molecular formula is C21H29N5O5. The van der Waals surface area contributed by atoms with E-state index in [2.05, 4.69) is 15.7 Å². The van der Waals surface area contributed by atoms with Crippen LogP contribution < -0.4 is 25.8 Å². The Morgan fingerprint density at radius 1 is 1.13 bits per heavy atom. The number of amides is 2. The largest absolute Gasteiger partial charge is 0.493 e. The highest BCUT2D eigenvalue weighted by Gasteiger charge is 2.17. The Hall–Kier alpha value is -3.30. The van der Waals surface area contributed by atoms with Gasteiger partial charge in [-0.05, 0) is 37.5 Å². The minimum Gasteiger partial charge on any atom is -0.493 e. The molecule has 1 aromatic heterocycles. The van der Waals surface area contributed by atoms with Crippen LogP contribution in [0.3, 0.4) is 0 Å². The summed E-state index contributed by atoms with van der Waals surface area (Å²) in [6, 6.07) is 5.20. The standard InChI is InChI=1S/C21H29N5O5/c1-3-22-20(28)14-31-16-9-8-15(11-17(16)30-2)12-23-19(27)13-26-21(29)25-10-6-4-5-7-18(25)24-26/h8-9,11H,3-7,10,12-14H2,1-2H3,(H,22,28)(H,23,27). The lowest BCUT2D eigenvalue weighted by Gasteiger charge is -2.12. The number of benzene rings is 1. The molecule has 168 valence electrons. The van der Waals surface area contributed by atoms with Crippen LogP contribution in [-0.2, 0) is 35.6 Å². The maximum absolute atomic E-state index is 12.5. The Bertz CT molecular complexity index is 981. The Labute approximate surface area is 180 Å². The number of methoxy groups -OCH3 is 1. The Morgan fingerprint density at radius 3 is 2.74 bits per heavy atom. The van der Waals surface area contributed by atoms with Crippen LogP contribution in [0.25, 0.3) is 0 Å². The molecule has 0 spiro atoms. The number of rotatable bonds is 9. The van der Waals surface area contributed by atoms with Crippen LogP contribution in [0.2, 0.25) is 0 Å². The second-order valence-electron chi connectivity index (χ2n) is 7.32. The summed E-state index contributed by atoms with van der Waals surface area (Å²) in [4.78, 5) is 36.4. The Morgan fingerprint density at radius 2 is 1.97 bits per heavy atom. The zero-order valence-corrected chi connectivity index (χ0v) is 18.0. The molecule has 0 unspecified atom stereocenters. The number of nitrogens with one attached hydrogen (secondary N) is 2. The molecule has 1 aliphatic heterocycles. The maximum Gasteiger partial charge on any atom is 0.346 e.